The molecule has 1 amide bonds. The second kappa shape index (κ2) is 10.9. The molecule has 10 nitrogen and oxygen atoms in total. The fourth-order valence-corrected chi connectivity index (χ4v) is 4.67. The van der Waals surface area contributed by atoms with Gasteiger partial charge in [-0.05, 0) is 39.2 Å². The molecule has 3 rings (SSSR count). The van der Waals surface area contributed by atoms with E-state index in [0.717, 1.165) is 0 Å². The van der Waals surface area contributed by atoms with Crippen molar-refractivity contribution in [2.45, 2.75) is 6.42 Å². The van der Waals surface area contributed by atoms with E-state index in [2.05, 4.69) is 4.98 Å². The minimum absolute atomic E-state index is 0.134. The Labute approximate surface area is 205 Å². The number of ether oxygens (including phenoxy) is 3. The number of nitrogens with zero attached hydrogens (tertiary/aromatic N) is 4. The van der Waals surface area contributed by atoms with Gasteiger partial charge in [-0.15, -0.1) is 0 Å². The van der Waals surface area contributed by atoms with E-state index < -0.39 is 16.5 Å². The van der Waals surface area contributed by atoms with Crippen LogP contribution in [-0.4, -0.2) is 69.2 Å². The van der Waals surface area contributed by atoms with Crippen molar-refractivity contribution < 1.29 is 23.9 Å². The highest BCUT2D eigenvalue weighted by atomic mass is 35.5. The molecular weight excluding hydrogens is 484 g/mol. The molecule has 34 heavy (non-hydrogen) atoms. The second-order valence-corrected chi connectivity index (χ2v) is 8.90. The van der Waals surface area contributed by atoms with Crippen molar-refractivity contribution in [1.82, 2.24) is 9.88 Å². The van der Waals surface area contributed by atoms with Crippen molar-refractivity contribution in [3.63, 3.8) is 0 Å². The molecule has 0 N–H and O–H groups in total. The van der Waals surface area contributed by atoms with Crippen LogP contribution in [0.5, 0.6) is 17.2 Å². The fraction of sp³-hybridized carbons (Fsp3) is 0.364. The molecule has 12 heteroatoms. The number of rotatable bonds is 10. The first-order valence-electron chi connectivity index (χ1n) is 10.2. The first kappa shape index (κ1) is 25.5. The molecule has 1 heterocycles. The number of aromatic nitrogens is 1. The molecule has 0 atom stereocenters. The number of fused-ring (bicyclic) bond motifs is 1. The largest absolute Gasteiger partial charge is 0.494 e. The Balaban J connectivity index is 2.15. The summed E-state index contributed by atoms with van der Waals surface area (Å²) < 4.78 is 16.5. The number of nitro groups is 1. The number of nitro benzene ring substituents is 1. The topological polar surface area (TPSA) is 107 Å². The summed E-state index contributed by atoms with van der Waals surface area (Å²) in [4.78, 5) is 33.0. The summed E-state index contributed by atoms with van der Waals surface area (Å²) in [5, 5.41) is 12.6. The maximum absolute atomic E-state index is 13.7. The van der Waals surface area contributed by atoms with Gasteiger partial charge >= 0.3 is 0 Å². The van der Waals surface area contributed by atoms with Crippen LogP contribution in [0.1, 0.15) is 16.8 Å². The van der Waals surface area contributed by atoms with Gasteiger partial charge in [0.15, 0.2) is 16.6 Å². The van der Waals surface area contributed by atoms with Gasteiger partial charge in [-0.3, -0.25) is 19.8 Å². The smallest absolute Gasteiger partial charge is 0.286 e. The van der Waals surface area contributed by atoms with Crippen LogP contribution >= 0.6 is 22.9 Å². The van der Waals surface area contributed by atoms with Crippen LogP contribution in [0.3, 0.4) is 0 Å². The van der Waals surface area contributed by atoms with Gasteiger partial charge in [-0.1, -0.05) is 22.9 Å². The Bertz CT molecular complexity index is 1220. The highest BCUT2D eigenvalue weighted by Gasteiger charge is 2.30. The van der Waals surface area contributed by atoms with E-state index in [1.807, 2.05) is 19.0 Å². The first-order valence-corrected chi connectivity index (χ1v) is 11.4. The number of anilines is 1. The molecule has 0 spiro atoms. The van der Waals surface area contributed by atoms with Crippen LogP contribution in [0, 0.1) is 10.1 Å². The molecule has 182 valence electrons. The number of hydrogen-bond donors (Lipinski definition) is 0. The maximum atomic E-state index is 13.7. The van der Waals surface area contributed by atoms with Gasteiger partial charge in [0, 0.05) is 12.6 Å². The number of benzene rings is 2. The predicted molar refractivity (Wildman–Crippen MR) is 132 cm³/mol. The normalized spacial score (nSPS) is 11.0. The number of carbonyl (C=O) groups is 1. The second-order valence-electron chi connectivity index (χ2n) is 7.52. The Morgan fingerprint density at radius 2 is 1.74 bits per heavy atom. The number of amides is 1. The third kappa shape index (κ3) is 5.16. The SMILES string of the molecule is COc1cc(C(=O)N(CCCN(C)C)c2nc3c(OC)ccc(Cl)c3s2)c([N+](=O)[O-])cc1OC. The summed E-state index contributed by atoms with van der Waals surface area (Å²) in [5.41, 5.74) is -0.0102. The van der Waals surface area contributed by atoms with Crippen LogP contribution in [0.25, 0.3) is 10.2 Å². The zero-order valence-corrected chi connectivity index (χ0v) is 21.0. The van der Waals surface area contributed by atoms with Crippen molar-refractivity contribution in [3.8, 4) is 17.2 Å². The summed E-state index contributed by atoms with van der Waals surface area (Å²) in [5.74, 6) is 0.292. The summed E-state index contributed by atoms with van der Waals surface area (Å²) >= 11 is 7.59. The standard InChI is InChI=1S/C22H25ClN4O6S/c1-25(2)9-6-10-26(22-24-19-16(31-3)8-7-14(23)20(19)34-22)21(28)13-11-17(32-4)18(33-5)12-15(13)27(29)30/h7-8,11-12H,6,9-10H2,1-5H3. The summed E-state index contributed by atoms with van der Waals surface area (Å²) in [7, 11) is 8.14. The summed E-state index contributed by atoms with van der Waals surface area (Å²) in [6.45, 7) is 0.981. The van der Waals surface area contributed by atoms with Crippen molar-refractivity contribution in [3.05, 3.63) is 45.0 Å². The van der Waals surface area contributed by atoms with Crippen LogP contribution < -0.4 is 19.1 Å². The van der Waals surface area contributed by atoms with E-state index in [0.29, 0.717) is 39.1 Å². The third-order valence-corrected chi connectivity index (χ3v) is 6.60. The molecule has 0 aliphatic heterocycles. The van der Waals surface area contributed by atoms with Gasteiger partial charge in [-0.2, -0.15) is 0 Å². The lowest BCUT2D eigenvalue weighted by Gasteiger charge is -2.21. The number of hydrogen-bond acceptors (Lipinski definition) is 9. The van der Waals surface area contributed by atoms with Gasteiger partial charge in [-0.25, -0.2) is 4.98 Å². The van der Waals surface area contributed by atoms with Crippen LogP contribution in [0.2, 0.25) is 5.02 Å². The van der Waals surface area contributed by atoms with Crippen molar-refractivity contribution in [2.24, 2.45) is 0 Å². The number of halogens is 1. The average molecular weight is 509 g/mol. The summed E-state index contributed by atoms with van der Waals surface area (Å²) in [6, 6.07) is 5.90. The van der Waals surface area contributed by atoms with Gasteiger partial charge < -0.3 is 19.1 Å². The molecule has 0 saturated heterocycles. The monoisotopic (exact) mass is 508 g/mol. The van der Waals surface area contributed by atoms with E-state index in [4.69, 9.17) is 25.8 Å². The number of carbonyl (C=O) groups excluding carboxylic acids is 1. The fourth-order valence-electron chi connectivity index (χ4n) is 3.39. The lowest BCUT2D eigenvalue weighted by Crippen LogP contribution is -2.34. The van der Waals surface area contributed by atoms with Crippen LogP contribution in [0.4, 0.5) is 10.8 Å². The molecule has 0 radical (unpaired) electrons. The molecule has 0 saturated carbocycles. The Kier molecular flexibility index (Phi) is 8.13. The van der Waals surface area contributed by atoms with Gasteiger partial charge in [0.2, 0.25) is 0 Å². The molecule has 1 aromatic heterocycles. The molecule has 0 bridgehead atoms. The van der Waals surface area contributed by atoms with Crippen molar-refractivity contribution in [1.29, 1.82) is 0 Å². The minimum atomic E-state index is -0.620. The molecule has 0 fully saturated rings. The Morgan fingerprint density at radius 1 is 1.09 bits per heavy atom. The molecule has 0 unspecified atom stereocenters. The van der Waals surface area contributed by atoms with Crippen LogP contribution in [0.15, 0.2) is 24.3 Å². The molecule has 2 aromatic carbocycles. The van der Waals surface area contributed by atoms with Crippen molar-refractivity contribution in [2.75, 3.05) is 53.4 Å². The molecule has 0 aliphatic rings. The number of methoxy groups -OCH3 is 3. The van der Waals surface area contributed by atoms with Gasteiger partial charge in [0.05, 0.1) is 42.0 Å². The highest BCUT2D eigenvalue weighted by molar-refractivity contribution is 7.23. The molecular formula is C22H25ClN4O6S. The third-order valence-electron chi connectivity index (χ3n) is 5.06. The van der Waals surface area contributed by atoms with E-state index in [9.17, 15) is 14.9 Å². The Hall–Kier alpha value is -3.15. The highest BCUT2D eigenvalue weighted by Crippen LogP contribution is 2.40. The van der Waals surface area contributed by atoms with E-state index in [-0.39, 0.29) is 23.6 Å². The molecule has 3 aromatic rings. The van der Waals surface area contributed by atoms with Crippen molar-refractivity contribution >= 4 is 49.9 Å². The summed E-state index contributed by atoms with van der Waals surface area (Å²) in [6.07, 6.45) is 0.612. The maximum Gasteiger partial charge on any atom is 0.286 e. The lowest BCUT2D eigenvalue weighted by molar-refractivity contribution is -0.385. The van der Waals surface area contributed by atoms with Crippen LogP contribution in [-0.2, 0) is 0 Å². The zero-order valence-electron chi connectivity index (χ0n) is 19.5. The molecule has 0 aliphatic carbocycles. The minimum Gasteiger partial charge on any atom is -0.494 e. The number of thiazole rings is 1. The lowest BCUT2D eigenvalue weighted by atomic mass is 10.1. The van der Waals surface area contributed by atoms with E-state index in [1.165, 1.54) is 49.7 Å². The zero-order chi connectivity index (χ0) is 25.0. The van der Waals surface area contributed by atoms with E-state index in [1.54, 1.807) is 12.1 Å². The quantitative estimate of drug-likeness (QED) is 0.291. The van der Waals surface area contributed by atoms with Gasteiger partial charge in [0.1, 0.15) is 16.8 Å². The van der Waals surface area contributed by atoms with E-state index >= 15 is 0 Å². The van der Waals surface area contributed by atoms with Gasteiger partial charge in [0.25, 0.3) is 11.6 Å². The first-order chi connectivity index (χ1) is 16.2. The Morgan fingerprint density at radius 3 is 2.32 bits per heavy atom. The average Bonchev–Trinajstić information content (AvgIpc) is 3.26. The predicted octanol–water partition coefficient (Wildman–Crippen LogP) is 4.48.